The minimum Gasteiger partial charge on any atom is -0.488 e. The lowest BCUT2D eigenvalue weighted by molar-refractivity contribution is 0.0843. The van der Waals surface area contributed by atoms with Crippen molar-refractivity contribution < 1.29 is 18.7 Å². The van der Waals surface area contributed by atoms with Crippen LogP contribution >= 0.6 is 0 Å². The third kappa shape index (κ3) is 2.85. The number of Topliss-reactive ketones (excluding diaryl/α,β-unsaturated/α-hetero) is 1. The average molecular weight is 368 g/mol. The van der Waals surface area contributed by atoms with Gasteiger partial charge in [0.05, 0.1) is 10.9 Å². The van der Waals surface area contributed by atoms with E-state index in [-0.39, 0.29) is 18.3 Å². The first-order valence-electron chi connectivity index (χ1n) is 9.59. The van der Waals surface area contributed by atoms with Gasteiger partial charge in [-0.2, -0.15) is 0 Å². The number of ether oxygens (including phenoxy) is 2. The van der Waals surface area contributed by atoms with Gasteiger partial charge in [0.2, 0.25) is 0 Å². The molecule has 0 fully saturated rings. The monoisotopic (exact) mass is 368 g/mol. The Balaban J connectivity index is 2.15. The predicted molar refractivity (Wildman–Crippen MR) is 104 cm³/mol. The Bertz CT molecular complexity index is 1030. The zero-order chi connectivity index (χ0) is 19.3. The molecule has 0 amide bonds. The molecule has 2 aliphatic rings. The van der Waals surface area contributed by atoms with Crippen molar-refractivity contribution in [2.24, 2.45) is 0 Å². The van der Waals surface area contributed by atoms with Crippen molar-refractivity contribution in [3.8, 4) is 11.5 Å². The minimum atomic E-state index is -0.503. The zero-order valence-electron chi connectivity index (χ0n) is 16.2. The average Bonchev–Trinajstić information content (AvgIpc) is 2.60. The van der Waals surface area contributed by atoms with Crippen molar-refractivity contribution >= 4 is 22.8 Å². The SMILES string of the molecule is CCCc1cc(=O)oc2c3c(c4c(c12)OC(C)(C)C=C4)OC(CC)CC3=O. The summed E-state index contributed by atoms with van der Waals surface area (Å²) in [6.45, 7) is 7.98. The number of fused-ring (bicyclic) bond motifs is 6. The van der Waals surface area contributed by atoms with Crippen molar-refractivity contribution in [1.29, 1.82) is 0 Å². The molecule has 2 aliphatic heterocycles. The molecule has 0 saturated heterocycles. The third-order valence-electron chi connectivity index (χ3n) is 5.18. The molecule has 2 aromatic rings. The molecule has 1 atom stereocenters. The van der Waals surface area contributed by atoms with Crippen molar-refractivity contribution in [3.63, 3.8) is 0 Å². The molecule has 5 heteroatoms. The van der Waals surface area contributed by atoms with Crippen molar-refractivity contribution in [1.82, 2.24) is 0 Å². The Morgan fingerprint density at radius 2 is 1.96 bits per heavy atom. The Labute approximate surface area is 158 Å². The van der Waals surface area contributed by atoms with E-state index in [0.717, 1.165) is 29.4 Å². The Morgan fingerprint density at radius 3 is 2.67 bits per heavy atom. The first-order chi connectivity index (χ1) is 12.8. The number of hydrogen-bond donors (Lipinski definition) is 0. The lowest BCUT2D eigenvalue weighted by Crippen LogP contribution is -2.31. The molecule has 0 bridgehead atoms. The van der Waals surface area contributed by atoms with Gasteiger partial charge in [0.1, 0.15) is 28.8 Å². The van der Waals surface area contributed by atoms with E-state index in [1.54, 1.807) is 0 Å². The Kier molecular flexibility index (Phi) is 4.13. The number of hydrogen-bond acceptors (Lipinski definition) is 5. The number of benzene rings is 1. The quantitative estimate of drug-likeness (QED) is 0.736. The van der Waals surface area contributed by atoms with Gasteiger partial charge in [0.25, 0.3) is 0 Å². The van der Waals surface area contributed by atoms with Crippen molar-refractivity contribution in [3.05, 3.63) is 39.3 Å². The second-order valence-electron chi connectivity index (χ2n) is 7.81. The topological polar surface area (TPSA) is 65.7 Å². The van der Waals surface area contributed by atoms with Gasteiger partial charge in [-0.15, -0.1) is 0 Å². The Hall–Kier alpha value is -2.56. The molecule has 4 rings (SSSR count). The van der Waals surface area contributed by atoms with E-state index in [1.165, 1.54) is 6.07 Å². The number of ketones is 1. The van der Waals surface area contributed by atoms with Crippen molar-refractivity contribution in [2.45, 2.75) is 65.1 Å². The summed E-state index contributed by atoms with van der Waals surface area (Å²) in [5.74, 6) is 1.06. The molecule has 27 heavy (non-hydrogen) atoms. The maximum absolute atomic E-state index is 13.0. The molecular formula is C22H24O5. The van der Waals surface area contributed by atoms with E-state index >= 15 is 0 Å². The lowest BCUT2D eigenvalue weighted by Gasteiger charge is -2.33. The van der Waals surface area contributed by atoms with E-state index in [4.69, 9.17) is 13.9 Å². The van der Waals surface area contributed by atoms with Crippen LogP contribution in [0.1, 0.15) is 68.4 Å². The highest BCUT2D eigenvalue weighted by Gasteiger charge is 2.36. The van der Waals surface area contributed by atoms with Gasteiger partial charge < -0.3 is 13.9 Å². The molecule has 142 valence electrons. The first kappa shape index (κ1) is 17.8. The number of carbonyl (C=O) groups excluding carboxylic acids is 1. The number of carbonyl (C=O) groups is 1. The largest absolute Gasteiger partial charge is 0.488 e. The molecule has 0 N–H and O–H groups in total. The predicted octanol–water partition coefficient (Wildman–Crippen LogP) is 4.67. The summed E-state index contributed by atoms with van der Waals surface area (Å²) in [6, 6.07) is 1.51. The van der Waals surface area contributed by atoms with Gasteiger partial charge in [-0.05, 0) is 44.4 Å². The van der Waals surface area contributed by atoms with Crippen LogP contribution in [0.3, 0.4) is 0 Å². The summed E-state index contributed by atoms with van der Waals surface area (Å²) < 4.78 is 18.0. The molecule has 0 aliphatic carbocycles. The maximum atomic E-state index is 13.0. The van der Waals surface area contributed by atoms with Gasteiger partial charge in [-0.3, -0.25) is 4.79 Å². The summed E-state index contributed by atoms with van der Waals surface area (Å²) in [5.41, 5.74) is 1.32. The summed E-state index contributed by atoms with van der Waals surface area (Å²) in [5, 5.41) is 0.717. The second kappa shape index (κ2) is 6.25. The van der Waals surface area contributed by atoms with Crippen LogP contribution in [0.15, 0.2) is 21.4 Å². The molecule has 0 saturated carbocycles. The van der Waals surface area contributed by atoms with E-state index in [9.17, 15) is 9.59 Å². The van der Waals surface area contributed by atoms with Crippen molar-refractivity contribution in [2.75, 3.05) is 0 Å². The molecule has 0 spiro atoms. The van der Waals surface area contributed by atoms with Crippen LogP contribution in [0.2, 0.25) is 0 Å². The molecule has 0 radical (unpaired) electrons. The van der Waals surface area contributed by atoms with Crippen LogP contribution in [0.4, 0.5) is 0 Å². The van der Waals surface area contributed by atoms with Gasteiger partial charge in [-0.1, -0.05) is 20.3 Å². The summed E-state index contributed by atoms with van der Waals surface area (Å²) in [7, 11) is 0. The molecule has 1 unspecified atom stereocenters. The number of rotatable bonds is 3. The molecular weight excluding hydrogens is 344 g/mol. The standard InChI is InChI=1S/C22H24O5/c1-5-7-12-10-16(24)26-21-17(12)20-14(8-9-22(3,4)27-20)19-18(21)15(23)11-13(6-2)25-19/h8-10,13H,5-7,11H2,1-4H3. The minimum absolute atomic E-state index is 0.0501. The van der Waals surface area contributed by atoms with Crippen LogP contribution in [0.25, 0.3) is 17.0 Å². The third-order valence-corrected chi connectivity index (χ3v) is 5.18. The fourth-order valence-electron chi connectivity index (χ4n) is 3.87. The maximum Gasteiger partial charge on any atom is 0.336 e. The first-order valence-corrected chi connectivity index (χ1v) is 9.59. The molecule has 1 aromatic carbocycles. The van der Waals surface area contributed by atoms with Crippen LogP contribution in [0, 0.1) is 0 Å². The van der Waals surface area contributed by atoms with E-state index in [0.29, 0.717) is 29.1 Å². The van der Waals surface area contributed by atoms with Gasteiger partial charge in [0, 0.05) is 12.5 Å². The molecule has 5 nitrogen and oxygen atoms in total. The molecule has 1 aromatic heterocycles. The summed E-state index contributed by atoms with van der Waals surface area (Å²) >= 11 is 0. The summed E-state index contributed by atoms with van der Waals surface area (Å²) in [6.07, 6.45) is 6.33. The van der Waals surface area contributed by atoms with Crippen LogP contribution in [-0.2, 0) is 6.42 Å². The van der Waals surface area contributed by atoms with Gasteiger partial charge in [-0.25, -0.2) is 4.79 Å². The lowest BCUT2D eigenvalue weighted by atomic mass is 9.89. The smallest absolute Gasteiger partial charge is 0.336 e. The second-order valence-corrected chi connectivity index (χ2v) is 7.81. The summed E-state index contributed by atoms with van der Waals surface area (Å²) in [4.78, 5) is 25.2. The Morgan fingerprint density at radius 1 is 1.19 bits per heavy atom. The normalized spacial score (nSPS) is 20.0. The fourth-order valence-corrected chi connectivity index (χ4v) is 3.87. The van der Waals surface area contributed by atoms with Gasteiger partial charge >= 0.3 is 5.63 Å². The van der Waals surface area contributed by atoms with E-state index < -0.39 is 11.2 Å². The van der Waals surface area contributed by atoms with Crippen LogP contribution in [0.5, 0.6) is 11.5 Å². The highest BCUT2D eigenvalue weighted by Crippen LogP contribution is 2.48. The number of aryl methyl sites for hydroxylation is 1. The van der Waals surface area contributed by atoms with Gasteiger partial charge in [0.15, 0.2) is 11.4 Å². The van der Waals surface area contributed by atoms with Crippen LogP contribution < -0.4 is 15.1 Å². The van der Waals surface area contributed by atoms with Crippen LogP contribution in [-0.4, -0.2) is 17.5 Å². The van der Waals surface area contributed by atoms with E-state index in [2.05, 4.69) is 6.92 Å². The highest BCUT2D eigenvalue weighted by molar-refractivity contribution is 6.13. The zero-order valence-corrected chi connectivity index (χ0v) is 16.2. The fraction of sp³-hybridized carbons (Fsp3) is 0.455. The highest BCUT2D eigenvalue weighted by atomic mass is 16.5. The van der Waals surface area contributed by atoms with E-state index in [1.807, 2.05) is 32.9 Å². The molecule has 3 heterocycles.